The summed E-state index contributed by atoms with van der Waals surface area (Å²) in [6.45, 7) is 7.12. The number of nitrogens with one attached hydrogen (secondary N) is 1. The minimum Gasteiger partial charge on any atom is -0.506 e. The topological polar surface area (TPSA) is 81.3 Å². The van der Waals surface area contributed by atoms with E-state index in [0.717, 1.165) is 75.2 Å². The molecule has 1 aliphatic rings. The number of hydrogen-bond acceptors (Lipinski definition) is 5. The molecule has 1 fully saturated rings. The number of phenols is 1. The summed E-state index contributed by atoms with van der Waals surface area (Å²) in [6, 6.07) is 13.5. The number of aryl methyl sites for hydroxylation is 1. The summed E-state index contributed by atoms with van der Waals surface area (Å²) in [5, 5.41) is 22.0. The second-order valence-corrected chi connectivity index (χ2v) is 7.35. The van der Waals surface area contributed by atoms with E-state index in [1.807, 2.05) is 47.0 Å². The van der Waals surface area contributed by atoms with Crippen molar-refractivity contribution in [3.63, 3.8) is 0 Å². The fourth-order valence-electron chi connectivity index (χ4n) is 3.80. The van der Waals surface area contributed by atoms with Gasteiger partial charge in [0.15, 0.2) is 11.6 Å². The Hall–Kier alpha value is -3.29. The average Bonchev–Trinajstić information content (AvgIpc) is 3.20. The Morgan fingerprint density at radius 2 is 1.87 bits per heavy atom. The van der Waals surface area contributed by atoms with E-state index in [2.05, 4.69) is 32.2 Å². The number of anilines is 1. The molecule has 8 heteroatoms. The van der Waals surface area contributed by atoms with Gasteiger partial charge in [0, 0.05) is 51.9 Å². The number of aromatic hydroxyl groups is 1. The Morgan fingerprint density at radius 1 is 1.07 bits per heavy atom. The summed E-state index contributed by atoms with van der Waals surface area (Å²) in [4.78, 5) is 9.36. The van der Waals surface area contributed by atoms with Gasteiger partial charge in [-0.25, -0.2) is 0 Å². The molecule has 0 spiro atoms. The molecule has 30 heavy (non-hydrogen) atoms. The van der Waals surface area contributed by atoms with Crippen LogP contribution in [0.2, 0.25) is 0 Å². The molecule has 0 amide bonds. The van der Waals surface area contributed by atoms with Crippen molar-refractivity contribution in [1.29, 1.82) is 0 Å². The standard InChI is InChI=1S/C22H29N7O/c1-2-23-22(24-12-7-11-21-26-25-20-10-5-6-13-29(20)21)28-16-14-27(15-17-28)18-8-3-4-9-19(18)30/h3-6,8-10,13,30H,2,7,11-12,14-17H2,1H3,(H,23,24). The van der Waals surface area contributed by atoms with Crippen molar-refractivity contribution in [3.8, 4) is 5.75 Å². The molecule has 1 saturated heterocycles. The molecule has 0 radical (unpaired) electrons. The van der Waals surface area contributed by atoms with Crippen LogP contribution >= 0.6 is 0 Å². The van der Waals surface area contributed by atoms with Gasteiger partial charge < -0.3 is 20.2 Å². The van der Waals surface area contributed by atoms with Crippen LogP contribution in [0.3, 0.4) is 0 Å². The third kappa shape index (κ3) is 4.48. The first-order valence-electron chi connectivity index (χ1n) is 10.6. The van der Waals surface area contributed by atoms with Crippen molar-refractivity contribution < 1.29 is 5.11 Å². The van der Waals surface area contributed by atoms with Crippen LogP contribution in [0.25, 0.3) is 5.65 Å². The largest absolute Gasteiger partial charge is 0.506 e. The van der Waals surface area contributed by atoms with E-state index in [-0.39, 0.29) is 0 Å². The summed E-state index contributed by atoms with van der Waals surface area (Å²) in [6.07, 6.45) is 3.76. The Bertz CT molecular complexity index is 992. The average molecular weight is 408 g/mol. The Labute approximate surface area is 176 Å². The molecule has 2 N–H and O–H groups in total. The van der Waals surface area contributed by atoms with Crippen LogP contribution in [0.4, 0.5) is 5.69 Å². The molecule has 3 heterocycles. The van der Waals surface area contributed by atoms with Crippen molar-refractivity contribution >= 4 is 17.3 Å². The van der Waals surface area contributed by atoms with Crippen molar-refractivity contribution in [1.82, 2.24) is 24.8 Å². The maximum absolute atomic E-state index is 10.1. The molecule has 1 aliphatic heterocycles. The molecule has 0 saturated carbocycles. The molecule has 3 aromatic rings. The normalized spacial score (nSPS) is 15.0. The first-order chi connectivity index (χ1) is 14.8. The summed E-state index contributed by atoms with van der Waals surface area (Å²) in [5.74, 6) is 2.27. The van der Waals surface area contributed by atoms with Gasteiger partial charge in [0.2, 0.25) is 0 Å². The van der Waals surface area contributed by atoms with E-state index in [0.29, 0.717) is 5.75 Å². The first kappa shape index (κ1) is 20.0. The molecule has 0 bridgehead atoms. The van der Waals surface area contributed by atoms with Gasteiger partial charge in [-0.1, -0.05) is 18.2 Å². The molecular weight excluding hydrogens is 378 g/mol. The third-order valence-corrected chi connectivity index (χ3v) is 5.34. The zero-order valence-corrected chi connectivity index (χ0v) is 17.4. The summed E-state index contributed by atoms with van der Waals surface area (Å²) < 4.78 is 2.03. The van der Waals surface area contributed by atoms with Gasteiger partial charge in [-0.2, -0.15) is 0 Å². The molecule has 2 aromatic heterocycles. The number of fused-ring (bicyclic) bond motifs is 1. The number of phenolic OH excluding ortho intramolecular Hbond substituents is 1. The fraction of sp³-hybridized carbons (Fsp3) is 0.409. The van der Waals surface area contributed by atoms with Crippen LogP contribution in [-0.2, 0) is 6.42 Å². The van der Waals surface area contributed by atoms with Crippen molar-refractivity contribution in [3.05, 3.63) is 54.5 Å². The number of piperazine rings is 1. The van der Waals surface area contributed by atoms with Crippen LogP contribution in [0, 0.1) is 0 Å². The quantitative estimate of drug-likeness (QED) is 0.370. The van der Waals surface area contributed by atoms with Gasteiger partial charge in [-0.3, -0.25) is 9.39 Å². The number of hydrogen-bond donors (Lipinski definition) is 2. The van der Waals surface area contributed by atoms with Crippen LogP contribution < -0.4 is 10.2 Å². The zero-order valence-electron chi connectivity index (χ0n) is 17.4. The second kappa shape index (κ2) is 9.47. The summed E-state index contributed by atoms with van der Waals surface area (Å²) in [7, 11) is 0. The number of para-hydroxylation sites is 2. The van der Waals surface area contributed by atoms with E-state index in [1.165, 1.54) is 0 Å². The monoisotopic (exact) mass is 407 g/mol. The van der Waals surface area contributed by atoms with Crippen molar-refractivity contribution in [2.75, 3.05) is 44.2 Å². The van der Waals surface area contributed by atoms with E-state index >= 15 is 0 Å². The number of nitrogens with zero attached hydrogens (tertiary/aromatic N) is 6. The van der Waals surface area contributed by atoms with Gasteiger partial charge in [-0.15, -0.1) is 10.2 Å². The van der Waals surface area contributed by atoms with Gasteiger partial charge in [-0.05, 0) is 37.6 Å². The first-order valence-corrected chi connectivity index (χ1v) is 10.6. The summed E-state index contributed by atoms with van der Waals surface area (Å²) in [5.41, 5.74) is 1.78. The lowest BCUT2D eigenvalue weighted by molar-refractivity contribution is 0.369. The maximum Gasteiger partial charge on any atom is 0.194 e. The number of guanidine groups is 1. The molecule has 158 valence electrons. The van der Waals surface area contributed by atoms with Crippen LogP contribution in [0.1, 0.15) is 19.2 Å². The number of benzene rings is 1. The van der Waals surface area contributed by atoms with Gasteiger partial charge in [0.1, 0.15) is 11.6 Å². The zero-order chi connectivity index (χ0) is 20.8. The third-order valence-electron chi connectivity index (χ3n) is 5.34. The molecular formula is C22H29N7O. The highest BCUT2D eigenvalue weighted by molar-refractivity contribution is 5.80. The SMILES string of the molecule is CCNC(=NCCCc1nnc2ccccn12)N1CCN(c2ccccc2O)CC1. The van der Waals surface area contributed by atoms with Gasteiger partial charge in [0.25, 0.3) is 0 Å². The van der Waals surface area contributed by atoms with Crippen LogP contribution in [0.15, 0.2) is 53.7 Å². The fourth-order valence-corrected chi connectivity index (χ4v) is 3.80. The van der Waals surface area contributed by atoms with Crippen LogP contribution in [-0.4, -0.2) is 69.8 Å². The maximum atomic E-state index is 10.1. The predicted octanol–water partition coefficient (Wildman–Crippen LogP) is 2.16. The lowest BCUT2D eigenvalue weighted by atomic mass is 10.2. The lowest BCUT2D eigenvalue weighted by Crippen LogP contribution is -2.52. The number of aromatic nitrogens is 3. The molecule has 0 aliphatic carbocycles. The van der Waals surface area contributed by atoms with E-state index in [9.17, 15) is 5.11 Å². The predicted molar refractivity (Wildman–Crippen MR) is 119 cm³/mol. The number of aliphatic imine (C=N–C) groups is 1. The lowest BCUT2D eigenvalue weighted by Gasteiger charge is -2.37. The summed E-state index contributed by atoms with van der Waals surface area (Å²) >= 11 is 0. The van der Waals surface area contributed by atoms with Gasteiger partial charge >= 0.3 is 0 Å². The highest BCUT2D eigenvalue weighted by atomic mass is 16.3. The van der Waals surface area contributed by atoms with Crippen molar-refractivity contribution in [2.24, 2.45) is 4.99 Å². The van der Waals surface area contributed by atoms with Crippen LogP contribution in [0.5, 0.6) is 5.75 Å². The number of pyridine rings is 1. The van der Waals surface area contributed by atoms with E-state index < -0.39 is 0 Å². The van der Waals surface area contributed by atoms with E-state index in [4.69, 9.17) is 4.99 Å². The molecule has 0 unspecified atom stereocenters. The van der Waals surface area contributed by atoms with Crippen molar-refractivity contribution in [2.45, 2.75) is 19.8 Å². The molecule has 0 atom stereocenters. The Morgan fingerprint density at radius 3 is 2.67 bits per heavy atom. The number of rotatable bonds is 6. The second-order valence-electron chi connectivity index (χ2n) is 7.35. The molecule has 1 aromatic carbocycles. The highest BCUT2D eigenvalue weighted by Crippen LogP contribution is 2.27. The smallest absolute Gasteiger partial charge is 0.194 e. The Balaban J connectivity index is 1.32. The minimum atomic E-state index is 0.340. The Kier molecular flexibility index (Phi) is 6.32. The minimum absolute atomic E-state index is 0.340. The highest BCUT2D eigenvalue weighted by Gasteiger charge is 2.21. The molecule has 8 nitrogen and oxygen atoms in total. The molecule has 4 rings (SSSR count). The van der Waals surface area contributed by atoms with E-state index in [1.54, 1.807) is 6.07 Å². The van der Waals surface area contributed by atoms with Gasteiger partial charge in [0.05, 0.1) is 5.69 Å².